The lowest BCUT2D eigenvalue weighted by atomic mass is 10.0. The van der Waals surface area contributed by atoms with Crippen LogP contribution >= 0.6 is 0 Å². The zero-order valence-electron chi connectivity index (χ0n) is 17.4. The molecule has 28 heavy (non-hydrogen) atoms. The molecule has 0 unspecified atom stereocenters. The monoisotopic (exact) mass is 385 g/mol. The summed E-state index contributed by atoms with van der Waals surface area (Å²) in [7, 11) is 1.95. The summed E-state index contributed by atoms with van der Waals surface area (Å²) in [6.45, 7) is 8.13. The average Bonchev–Trinajstić information content (AvgIpc) is 2.94. The summed E-state index contributed by atoms with van der Waals surface area (Å²) in [6, 6.07) is 7.78. The maximum Gasteiger partial charge on any atom is 0.222 e. The van der Waals surface area contributed by atoms with Gasteiger partial charge in [0, 0.05) is 45.1 Å². The van der Waals surface area contributed by atoms with Crippen molar-refractivity contribution in [3.8, 4) is 11.5 Å². The van der Waals surface area contributed by atoms with Crippen LogP contribution in [0, 0.1) is 13.8 Å². The average molecular weight is 386 g/mol. The van der Waals surface area contributed by atoms with Gasteiger partial charge >= 0.3 is 0 Å². The van der Waals surface area contributed by atoms with Crippen molar-refractivity contribution in [2.45, 2.75) is 52.6 Å². The quantitative estimate of drug-likeness (QED) is 0.733. The van der Waals surface area contributed by atoms with Crippen molar-refractivity contribution >= 4 is 5.91 Å². The van der Waals surface area contributed by atoms with E-state index in [1.54, 1.807) is 0 Å². The Morgan fingerprint density at radius 1 is 1.18 bits per heavy atom. The maximum atomic E-state index is 12.6. The van der Waals surface area contributed by atoms with Crippen LogP contribution in [0.2, 0.25) is 0 Å². The highest BCUT2D eigenvalue weighted by Crippen LogP contribution is 2.29. The van der Waals surface area contributed by atoms with Crippen LogP contribution in [0.25, 0.3) is 0 Å². The summed E-state index contributed by atoms with van der Waals surface area (Å²) >= 11 is 0. The van der Waals surface area contributed by atoms with Crippen LogP contribution in [0.15, 0.2) is 24.3 Å². The Bertz CT molecular complexity index is 807. The Balaban J connectivity index is 1.49. The van der Waals surface area contributed by atoms with E-state index in [4.69, 9.17) is 9.47 Å². The Kier molecular flexibility index (Phi) is 6.60. The van der Waals surface area contributed by atoms with Gasteiger partial charge in [-0.25, -0.2) is 0 Å². The number of carbonyl (C=O) groups is 1. The largest absolute Gasteiger partial charge is 0.490 e. The Morgan fingerprint density at radius 3 is 2.46 bits per heavy atom. The molecule has 0 saturated carbocycles. The number of piperidine rings is 1. The lowest BCUT2D eigenvalue weighted by molar-refractivity contribution is -0.132. The second-order valence-electron chi connectivity index (χ2n) is 7.35. The van der Waals surface area contributed by atoms with Gasteiger partial charge in [0.15, 0.2) is 11.5 Å². The number of benzene rings is 1. The minimum Gasteiger partial charge on any atom is -0.490 e. The topological polar surface area (TPSA) is 56.6 Å². The van der Waals surface area contributed by atoms with Crippen LogP contribution in [0.5, 0.6) is 11.5 Å². The van der Waals surface area contributed by atoms with Gasteiger partial charge in [-0.1, -0.05) is 12.1 Å². The fraction of sp³-hybridized carbons (Fsp3) is 0.545. The molecule has 6 nitrogen and oxygen atoms in total. The molecule has 3 rings (SSSR count). The van der Waals surface area contributed by atoms with Crippen molar-refractivity contribution in [2.75, 3.05) is 19.7 Å². The third-order valence-corrected chi connectivity index (χ3v) is 5.49. The summed E-state index contributed by atoms with van der Waals surface area (Å²) in [4.78, 5) is 14.6. The van der Waals surface area contributed by atoms with Gasteiger partial charge in [0.25, 0.3) is 0 Å². The Hall–Kier alpha value is -2.50. The highest BCUT2D eigenvalue weighted by atomic mass is 16.5. The molecule has 0 radical (unpaired) electrons. The number of ether oxygens (including phenoxy) is 2. The van der Waals surface area contributed by atoms with Crippen LogP contribution in [-0.2, 0) is 18.3 Å². The van der Waals surface area contributed by atoms with Crippen molar-refractivity contribution in [3.05, 3.63) is 41.2 Å². The molecule has 0 bridgehead atoms. The number of hydrogen-bond acceptors (Lipinski definition) is 4. The number of rotatable bonds is 7. The molecule has 0 N–H and O–H groups in total. The molecule has 0 spiro atoms. The molecular weight excluding hydrogens is 354 g/mol. The van der Waals surface area contributed by atoms with Gasteiger partial charge in [0.2, 0.25) is 5.91 Å². The Morgan fingerprint density at radius 2 is 1.86 bits per heavy atom. The third-order valence-electron chi connectivity index (χ3n) is 5.49. The summed E-state index contributed by atoms with van der Waals surface area (Å²) in [5, 5.41) is 4.44. The zero-order chi connectivity index (χ0) is 20.1. The molecule has 1 amide bonds. The number of aromatic nitrogens is 2. The molecule has 1 aliphatic rings. The number of amides is 1. The van der Waals surface area contributed by atoms with Crippen molar-refractivity contribution in [3.63, 3.8) is 0 Å². The van der Waals surface area contributed by atoms with Crippen LogP contribution in [0.1, 0.15) is 43.1 Å². The van der Waals surface area contributed by atoms with Gasteiger partial charge in [0.1, 0.15) is 6.10 Å². The van der Waals surface area contributed by atoms with E-state index < -0.39 is 0 Å². The molecular formula is C22H31N3O3. The van der Waals surface area contributed by atoms with Crippen molar-refractivity contribution in [1.29, 1.82) is 0 Å². The fourth-order valence-corrected chi connectivity index (χ4v) is 3.79. The van der Waals surface area contributed by atoms with Gasteiger partial charge in [-0.2, -0.15) is 5.10 Å². The van der Waals surface area contributed by atoms with Crippen molar-refractivity contribution in [2.24, 2.45) is 7.05 Å². The van der Waals surface area contributed by atoms with Crippen LogP contribution in [0.4, 0.5) is 0 Å². The lowest BCUT2D eigenvalue weighted by Crippen LogP contribution is -2.41. The fourth-order valence-electron chi connectivity index (χ4n) is 3.79. The van der Waals surface area contributed by atoms with E-state index in [9.17, 15) is 4.79 Å². The first kappa shape index (κ1) is 20.2. The van der Waals surface area contributed by atoms with Gasteiger partial charge in [-0.3, -0.25) is 9.48 Å². The molecule has 1 fully saturated rings. The van der Waals surface area contributed by atoms with Gasteiger partial charge in [-0.05, 0) is 44.9 Å². The summed E-state index contributed by atoms with van der Waals surface area (Å²) in [5.41, 5.74) is 3.36. The molecule has 152 valence electrons. The predicted octanol–water partition coefficient (Wildman–Crippen LogP) is 3.44. The first-order valence-corrected chi connectivity index (χ1v) is 10.1. The van der Waals surface area contributed by atoms with Crippen LogP contribution < -0.4 is 9.47 Å². The van der Waals surface area contributed by atoms with Crippen LogP contribution in [0.3, 0.4) is 0 Å². The van der Waals surface area contributed by atoms with Crippen LogP contribution in [-0.4, -0.2) is 46.4 Å². The highest BCUT2D eigenvalue weighted by molar-refractivity contribution is 5.76. The van der Waals surface area contributed by atoms with E-state index >= 15 is 0 Å². The first-order valence-electron chi connectivity index (χ1n) is 10.1. The second-order valence-corrected chi connectivity index (χ2v) is 7.35. The molecule has 0 aliphatic carbocycles. The molecule has 1 saturated heterocycles. The summed E-state index contributed by atoms with van der Waals surface area (Å²) < 4.78 is 13.7. The molecule has 1 aliphatic heterocycles. The number of aryl methyl sites for hydroxylation is 2. The number of carbonyl (C=O) groups excluding carboxylic acids is 1. The van der Waals surface area contributed by atoms with E-state index in [-0.39, 0.29) is 12.0 Å². The highest BCUT2D eigenvalue weighted by Gasteiger charge is 2.25. The standard InChI is InChI=1S/C22H31N3O3/c1-5-27-20-8-6-7-9-21(20)28-18-12-14-25(15-13-18)22(26)11-10-19-16(2)23-24(4)17(19)3/h6-9,18H,5,10-15H2,1-4H3. The number of hydrogen-bond donors (Lipinski definition) is 0. The SMILES string of the molecule is CCOc1ccccc1OC1CCN(C(=O)CCc2c(C)nn(C)c2C)CC1. The van der Waals surface area contributed by atoms with Gasteiger partial charge in [0.05, 0.1) is 12.3 Å². The third kappa shape index (κ3) is 4.66. The van der Waals surface area contributed by atoms with Crippen molar-refractivity contribution < 1.29 is 14.3 Å². The minimum atomic E-state index is 0.119. The maximum absolute atomic E-state index is 12.6. The first-order chi connectivity index (χ1) is 13.5. The summed E-state index contributed by atoms with van der Waals surface area (Å²) in [5.74, 6) is 1.79. The van der Waals surface area contributed by atoms with E-state index in [1.807, 2.05) is 54.7 Å². The molecule has 1 aromatic heterocycles. The predicted molar refractivity (Wildman–Crippen MR) is 109 cm³/mol. The number of nitrogens with zero attached hydrogens (tertiary/aromatic N) is 3. The normalized spacial score (nSPS) is 14.9. The lowest BCUT2D eigenvalue weighted by Gasteiger charge is -2.32. The zero-order valence-corrected chi connectivity index (χ0v) is 17.4. The number of para-hydroxylation sites is 2. The second kappa shape index (κ2) is 9.13. The smallest absolute Gasteiger partial charge is 0.222 e. The van der Waals surface area contributed by atoms with Gasteiger partial charge < -0.3 is 14.4 Å². The number of likely N-dealkylation sites (tertiary alicyclic amines) is 1. The Labute approximate surface area is 167 Å². The molecule has 2 heterocycles. The molecule has 2 aromatic rings. The molecule has 6 heteroatoms. The minimum absolute atomic E-state index is 0.119. The molecule has 0 atom stereocenters. The molecule has 1 aromatic carbocycles. The van der Waals surface area contributed by atoms with Crippen molar-refractivity contribution in [1.82, 2.24) is 14.7 Å². The van der Waals surface area contributed by atoms with Gasteiger partial charge in [-0.15, -0.1) is 0 Å². The van der Waals surface area contributed by atoms with E-state index in [0.717, 1.165) is 55.2 Å². The van der Waals surface area contributed by atoms with E-state index in [2.05, 4.69) is 12.0 Å². The van der Waals surface area contributed by atoms with E-state index in [0.29, 0.717) is 13.0 Å². The summed E-state index contributed by atoms with van der Waals surface area (Å²) in [6.07, 6.45) is 3.09. The van der Waals surface area contributed by atoms with E-state index in [1.165, 1.54) is 5.56 Å².